The number of anilines is 1. The fraction of sp³-hybridized carbons (Fsp3) is 0.214. The zero-order valence-corrected chi connectivity index (χ0v) is 12.0. The van der Waals surface area contributed by atoms with Crippen LogP contribution in [0.3, 0.4) is 0 Å². The van der Waals surface area contributed by atoms with Crippen molar-refractivity contribution in [1.82, 2.24) is 0 Å². The third-order valence-electron chi connectivity index (χ3n) is 3.04. The maximum atomic E-state index is 11.0. The Labute approximate surface area is 120 Å². The van der Waals surface area contributed by atoms with E-state index in [1.54, 1.807) is 0 Å². The van der Waals surface area contributed by atoms with Crippen LogP contribution in [-0.4, -0.2) is 4.92 Å². The fourth-order valence-corrected chi connectivity index (χ4v) is 3.24. The van der Waals surface area contributed by atoms with Gasteiger partial charge in [0.1, 0.15) is 10.9 Å². The Balaban J connectivity index is 2.68. The SMILES string of the molecule is CCc1c(-c2cc(C)cc([N+](=O)[O-])c2)sc(C#N)c1N. The van der Waals surface area contributed by atoms with Gasteiger partial charge in [-0.05, 0) is 30.0 Å². The van der Waals surface area contributed by atoms with E-state index >= 15 is 0 Å². The van der Waals surface area contributed by atoms with E-state index in [9.17, 15) is 10.1 Å². The highest BCUT2D eigenvalue weighted by Gasteiger charge is 2.18. The summed E-state index contributed by atoms with van der Waals surface area (Å²) in [6.45, 7) is 3.76. The quantitative estimate of drug-likeness (QED) is 0.688. The lowest BCUT2D eigenvalue weighted by atomic mass is 10.0. The first kappa shape index (κ1) is 14.0. The van der Waals surface area contributed by atoms with Gasteiger partial charge in [-0.3, -0.25) is 10.1 Å². The van der Waals surface area contributed by atoms with Crippen LogP contribution in [0.4, 0.5) is 11.4 Å². The van der Waals surface area contributed by atoms with Crippen LogP contribution in [0.25, 0.3) is 10.4 Å². The molecular weight excluding hydrogens is 274 g/mol. The number of benzene rings is 1. The predicted octanol–water partition coefficient (Wildman–Crippen LogP) is 3.65. The summed E-state index contributed by atoms with van der Waals surface area (Å²) >= 11 is 1.28. The number of non-ortho nitro benzene ring substituents is 1. The molecular formula is C14H13N3O2S. The monoisotopic (exact) mass is 287 g/mol. The maximum Gasteiger partial charge on any atom is 0.270 e. The van der Waals surface area contributed by atoms with Crippen LogP contribution < -0.4 is 5.73 Å². The highest BCUT2D eigenvalue weighted by Crippen LogP contribution is 2.40. The summed E-state index contributed by atoms with van der Waals surface area (Å²) in [5.41, 5.74) is 8.92. The second kappa shape index (κ2) is 5.31. The third-order valence-corrected chi connectivity index (χ3v) is 4.24. The molecule has 0 aliphatic heterocycles. The van der Waals surface area contributed by atoms with Gasteiger partial charge in [-0.25, -0.2) is 0 Å². The minimum atomic E-state index is -0.412. The largest absolute Gasteiger partial charge is 0.397 e. The van der Waals surface area contributed by atoms with Crippen molar-refractivity contribution >= 4 is 22.7 Å². The Morgan fingerprint density at radius 2 is 2.15 bits per heavy atom. The maximum absolute atomic E-state index is 11.0. The van der Waals surface area contributed by atoms with E-state index in [4.69, 9.17) is 11.0 Å². The molecule has 102 valence electrons. The van der Waals surface area contributed by atoms with Gasteiger partial charge < -0.3 is 5.73 Å². The van der Waals surface area contributed by atoms with Gasteiger partial charge in [-0.2, -0.15) is 5.26 Å². The molecule has 0 aliphatic carbocycles. The Kier molecular flexibility index (Phi) is 3.72. The van der Waals surface area contributed by atoms with Crippen LogP contribution in [0.15, 0.2) is 18.2 Å². The number of hydrogen-bond acceptors (Lipinski definition) is 5. The molecule has 0 fully saturated rings. The molecule has 20 heavy (non-hydrogen) atoms. The fourth-order valence-electron chi connectivity index (χ4n) is 2.14. The number of nitrogens with zero attached hydrogens (tertiary/aromatic N) is 2. The third kappa shape index (κ3) is 2.36. The van der Waals surface area contributed by atoms with Gasteiger partial charge in [0.2, 0.25) is 0 Å². The highest BCUT2D eigenvalue weighted by molar-refractivity contribution is 7.16. The predicted molar refractivity (Wildman–Crippen MR) is 79.7 cm³/mol. The van der Waals surface area contributed by atoms with E-state index in [1.807, 2.05) is 19.9 Å². The van der Waals surface area contributed by atoms with Crippen LogP contribution in [0.2, 0.25) is 0 Å². The van der Waals surface area contributed by atoms with Crippen LogP contribution in [0.1, 0.15) is 22.9 Å². The summed E-state index contributed by atoms with van der Waals surface area (Å²) in [7, 11) is 0. The Morgan fingerprint density at radius 3 is 2.70 bits per heavy atom. The standard InChI is InChI=1S/C14H13N3O2S/c1-3-11-13(16)12(7-15)20-14(11)9-4-8(2)5-10(6-9)17(18)19/h4-6H,3,16H2,1-2H3. The van der Waals surface area contributed by atoms with E-state index < -0.39 is 4.92 Å². The van der Waals surface area contributed by atoms with Crippen molar-refractivity contribution in [3.63, 3.8) is 0 Å². The van der Waals surface area contributed by atoms with Crippen LogP contribution in [0.5, 0.6) is 0 Å². The van der Waals surface area contributed by atoms with Gasteiger partial charge in [-0.15, -0.1) is 11.3 Å². The zero-order valence-electron chi connectivity index (χ0n) is 11.1. The van der Waals surface area contributed by atoms with Crippen LogP contribution in [-0.2, 0) is 6.42 Å². The molecule has 0 saturated heterocycles. The topological polar surface area (TPSA) is 93.0 Å². The summed E-state index contributed by atoms with van der Waals surface area (Å²) in [5.74, 6) is 0. The number of hydrogen-bond donors (Lipinski definition) is 1. The van der Waals surface area contributed by atoms with Gasteiger partial charge >= 0.3 is 0 Å². The second-order valence-corrected chi connectivity index (χ2v) is 5.45. The van der Waals surface area contributed by atoms with Crippen LogP contribution in [0, 0.1) is 28.4 Å². The minimum Gasteiger partial charge on any atom is -0.397 e. The van der Waals surface area contributed by atoms with E-state index in [1.165, 1.54) is 23.5 Å². The van der Waals surface area contributed by atoms with Gasteiger partial charge in [0.05, 0.1) is 10.6 Å². The number of nitriles is 1. The van der Waals surface area contributed by atoms with E-state index in [0.717, 1.165) is 21.6 Å². The lowest BCUT2D eigenvalue weighted by molar-refractivity contribution is -0.384. The molecule has 5 nitrogen and oxygen atoms in total. The average Bonchev–Trinajstić information content (AvgIpc) is 2.74. The summed E-state index contributed by atoms with van der Waals surface area (Å²) in [6.07, 6.45) is 0.682. The lowest BCUT2D eigenvalue weighted by Gasteiger charge is -2.04. The van der Waals surface area contributed by atoms with Crippen molar-refractivity contribution in [1.29, 1.82) is 5.26 Å². The van der Waals surface area contributed by atoms with E-state index in [-0.39, 0.29) is 5.69 Å². The number of rotatable bonds is 3. The molecule has 0 spiro atoms. The van der Waals surface area contributed by atoms with Crippen LogP contribution >= 0.6 is 11.3 Å². The first-order chi connectivity index (χ1) is 9.47. The number of thiophene rings is 1. The highest BCUT2D eigenvalue weighted by atomic mass is 32.1. The molecule has 0 bridgehead atoms. The molecule has 0 amide bonds. The molecule has 2 N–H and O–H groups in total. The molecule has 2 rings (SSSR count). The number of nitrogens with two attached hydrogens (primary N) is 1. The number of nitro groups is 1. The lowest BCUT2D eigenvalue weighted by Crippen LogP contribution is -1.93. The summed E-state index contributed by atoms with van der Waals surface area (Å²) < 4.78 is 0. The molecule has 1 heterocycles. The normalized spacial score (nSPS) is 10.2. The molecule has 0 radical (unpaired) electrons. The van der Waals surface area contributed by atoms with Crippen molar-refractivity contribution in [3.8, 4) is 16.5 Å². The van der Waals surface area contributed by atoms with Gasteiger partial charge in [0.15, 0.2) is 0 Å². The van der Waals surface area contributed by atoms with Gasteiger partial charge in [0.25, 0.3) is 5.69 Å². The number of nitrogen functional groups attached to an aromatic ring is 1. The number of nitro benzene ring substituents is 1. The van der Waals surface area contributed by atoms with Crippen molar-refractivity contribution in [3.05, 3.63) is 44.3 Å². The van der Waals surface area contributed by atoms with Gasteiger partial charge in [-0.1, -0.05) is 13.0 Å². The number of aryl methyl sites for hydroxylation is 1. The Hall–Kier alpha value is -2.39. The molecule has 0 aliphatic rings. The first-order valence-electron chi connectivity index (χ1n) is 6.05. The zero-order chi connectivity index (χ0) is 14.9. The van der Waals surface area contributed by atoms with Crippen molar-refractivity contribution in [2.75, 3.05) is 5.73 Å². The average molecular weight is 287 g/mol. The first-order valence-corrected chi connectivity index (χ1v) is 6.87. The van der Waals surface area contributed by atoms with Gasteiger partial charge in [0, 0.05) is 17.0 Å². The minimum absolute atomic E-state index is 0.0486. The smallest absolute Gasteiger partial charge is 0.270 e. The molecule has 0 unspecified atom stereocenters. The Bertz CT molecular complexity index is 729. The second-order valence-electron chi connectivity index (χ2n) is 4.43. The van der Waals surface area contributed by atoms with E-state index in [0.29, 0.717) is 17.0 Å². The summed E-state index contributed by atoms with van der Waals surface area (Å²) in [6, 6.07) is 7.00. The van der Waals surface area contributed by atoms with E-state index in [2.05, 4.69) is 6.07 Å². The molecule has 6 heteroatoms. The summed E-state index contributed by atoms with van der Waals surface area (Å²) in [5, 5.41) is 20.0. The molecule has 0 saturated carbocycles. The van der Waals surface area contributed by atoms with Crippen molar-refractivity contribution in [2.45, 2.75) is 20.3 Å². The molecule has 0 atom stereocenters. The molecule has 1 aromatic heterocycles. The summed E-state index contributed by atoms with van der Waals surface area (Å²) in [4.78, 5) is 11.8. The Morgan fingerprint density at radius 1 is 1.45 bits per heavy atom. The molecule has 1 aromatic carbocycles. The van der Waals surface area contributed by atoms with Crippen molar-refractivity contribution < 1.29 is 4.92 Å². The van der Waals surface area contributed by atoms with Crippen molar-refractivity contribution in [2.24, 2.45) is 0 Å². The molecule has 2 aromatic rings.